The Hall–Kier alpha value is -1.000. The van der Waals surface area contributed by atoms with Crippen LogP contribution < -0.4 is 5.32 Å². The van der Waals surface area contributed by atoms with Crippen molar-refractivity contribution in [1.29, 1.82) is 0 Å². The molecule has 4 rings (SSSR count). The third kappa shape index (κ3) is 3.16. The fraction of sp³-hybridized carbons (Fsp3) is 0.368. The van der Waals surface area contributed by atoms with E-state index in [0.29, 0.717) is 6.04 Å². The SMILES string of the molecule is Cc1ccc2c(c1)CC(N1CCNCC1)c1cc(Cl)ccc1S2. The molecule has 0 spiro atoms. The second-order valence-electron chi connectivity index (χ2n) is 6.40. The van der Waals surface area contributed by atoms with Gasteiger partial charge in [0.05, 0.1) is 0 Å². The van der Waals surface area contributed by atoms with Crippen LogP contribution in [0.25, 0.3) is 0 Å². The zero-order valence-electron chi connectivity index (χ0n) is 13.3. The van der Waals surface area contributed by atoms with Gasteiger partial charge >= 0.3 is 0 Å². The predicted octanol–water partition coefficient (Wildman–Crippen LogP) is 4.30. The summed E-state index contributed by atoms with van der Waals surface area (Å²) >= 11 is 8.22. The molecule has 2 nitrogen and oxygen atoms in total. The first-order valence-electron chi connectivity index (χ1n) is 8.22. The molecule has 0 saturated carbocycles. The molecule has 2 aromatic rings. The van der Waals surface area contributed by atoms with Crippen LogP contribution in [0, 0.1) is 6.92 Å². The molecule has 2 heterocycles. The van der Waals surface area contributed by atoms with Crippen molar-refractivity contribution in [2.45, 2.75) is 29.2 Å². The van der Waals surface area contributed by atoms with E-state index in [2.05, 4.69) is 47.5 Å². The van der Waals surface area contributed by atoms with E-state index in [1.165, 1.54) is 26.5 Å². The average Bonchev–Trinajstić information content (AvgIpc) is 2.72. The van der Waals surface area contributed by atoms with E-state index in [1.807, 2.05) is 17.8 Å². The van der Waals surface area contributed by atoms with E-state index in [0.717, 1.165) is 37.6 Å². The summed E-state index contributed by atoms with van der Waals surface area (Å²) in [6.07, 6.45) is 1.07. The van der Waals surface area contributed by atoms with Crippen molar-refractivity contribution in [1.82, 2.24) is 10.2 Å². The minimum absolute atomic E-state index is 0.418. The number of nitrogens with zero attached hydrogens (tertiary/aromatic N) is 1. The fourth-order valence-corrected chi connectivity index (χ4v) is 4.87. The first kappa shape index (κ1) is 15.5. The molecule has 1 atom stereocenters. The minimum Gasteiger partial charge on any atom is -0.314 e. The van der Waals surface area contributed by atoms with Gasteiger partial charge in [0.25, 0.3) is 0 Å². The lowest BCUT2D eigenvalue weighted by Gasteiger charge is -2.35. The molecule has 1 N–H and O–H groups in total. The zero-order chi connectivity index (χ0) is 15.8. The number of benzene rings is 2. The van der Waals surface area contributed by atoms with E-state index in [-0.39, 0.29) is 0 Å². The van der Waals surface area contributed by atoms with Crippen LogP contribution in [-0.4, -0.2) is 31.1 Å². The van der Waals surface area contributed by atoms with Gasteiger partial charge in [-0.05, 0) is 48.7 Å². The highest BCUT2D eigenvalue weighted by Gasteiger charge is 2.28. The van der Waals surface area contributed by atoms with Gasteiger partial charge in [-0.2, -0.15) is 0 Å². The normalized spacial score (nSPS) is 21.4. The summed E-state index contributed by atoms with van der Waals surface area (Å²) in [5.74, 6) is 0. The molecule has 120 valence electrons. The number of hydrogen-bond donors (Lipinski definition) is 1. The van der Waals surface area contributed by atoms with Crippen molar-refractivity contribution in [3.8, 4) is 0 Å². The molecule has 2 aromatic carbocycles. The van der Waals surface area contributed by atoms with Gasteiger partial charge in [0, 0.05) is 47.0 Å². The Labute approximate surface area is 147 Å². The van der Waals surface area contributed by atoms with Gasteiger partial charge in [0.1, 0.15) is 0 Å². The quantitative estimate of drug-likeness (QED) is 0.830. The third-order valence-corrected chi connectivity index (χ3v) is 6.22. The van der Waals surface area contributed by atoms with E-state index in [1.54, 1.807) is 0 Å². The Kier molecular flexibility index (Phi) is 4.37. The number of aryl methyl sites for hydroxylation is 1. The topological polar surface area (TPSA) is 15.3 Å². The molecule has 0 radical (unpaired) electrons. The Morgan fingerprint density at radius 3 is 2.70 bits per heavy atom. The van der Waals surface area contributed by atoms with Crippen molar-refractivity contribution in [2.75, 3.05) is 26.2 Å². The fourth-order valence-electron chi connectivity index (χ4n) is 3.60. The maximum Gasteiger partial charge on any atom is 0.0410 e. The maximum atomic E-state index is 6.33. The number of nitrogens with one attached hydrogen (secondary N) is 1. The average molecular weight is 345 g/mol. The molecule has 2 aliphatic heterocycles. The molecule has 0 amide bonds. The van der Waals surface area contributed by atoms with Crippen molar-refractivity contribution in [3.63, 3.8) is 0 Å². The highest BCUT2D eigenvalue weighted by molar-refractivity contribution is 7.99. The molecule has 0 aromatic heterocycles. The van der Waals surface area contributed by atoms with Crippen LogP contribution in [0.1, 0.15) is 22.7 Å². The van der Waals surface area contributed by atoms with Crippen LogP contribution in [0.5, 0.6) is 0 Å². The van der Waals surface area contributed by atoms with Gasteiger partial charge in [0.2, 0.25) is 0 Å². The highest BCUT2D eigenvalue weighted by Crippen LogP contribution is 2.43. The van der Waals surface area contributed by atoms with Crippen LogP contribution in [0.15, 0.2) is 46.2 Å². The molecule has 1 unspecified atom stereocenters. The first-order valence-corrected chi connectivity index (χ1v) is 9.42. The summed E-state index contributed by atoms with van der Waals surface area (Å²) in [5.41, 5.74) is 4.19. The van der Waals surface area contributed by atoms with Crippen molar-refractivity contribution >= 4 is 23.4 Å². The third-order valence-electron chi connectivity index (χ3n) is 4.77. The number of fused-ring (bicyclic) bond motifs is 2. The van der Waals surface area contributed by atoms with Gasteiger partial charge in [-0.15, -0.1) is 0 Å². The van der Waals surface area contributed by atoms with E-state index < -0.39 is 0 Å². The Balaban J connectivity index is 1.81. The Bertz CT molecular complexity index is 725. The van der Waals surface area contributed by atoms with E-state index in [9.17, 15) is 0 Å². The van der Waals surface area contributed by atoms with Gasteiger partial charge < -0.3 is 5.32 Å². The summed E-state index contributed by atoms with van der Waals surface area (Å²) in [6.45, 7) is 6.52. The van der Waals surface area contributed by atoms with Crippen molar-refractivity contribution < 1.29 is 0 Å². The highest BCUT2D eigenvalue weighted by atomic mass is 35.5. The van der Waals surface area contributed by atoms with E-state index in [4.69, 9.17) is 11.6 Å². The van der Waals surface area contributed by atoms with Crippen molar-refractivity contribution in [3.05, 3.63) is 58.1 Å². The van der Waals surface area contributed by atoms with Gasteiger partial charge in [-0.1, -0.05) is 41.1 Å². The molecule has 4 heteroatoms. The maximum absolute atomic E-state index is 6.33. The number of halogens is 1. The second kappa shape index (κ2) is 6.48. The minimum atomic E-state index is 0.418. The van der Waals surface area contributed by atoms with Gasteiger partial charge in [0.15, 0.2) is 0 Å². The Morgan fingerprint density at radius 1 is 1.09 bits per heavy atom. The standard InChI is InChI=1S/C19H21ClN2S/c1-13-2-4-18-14(10-13)11-17(22-8-6-21-7-9-22)16-12-15(20)3-5-19(16)23-18/h2-5,10,12,17,21H,6-9,11H2,1H3. The molecule has 23 heavy (non-hydrogen) atoms. The largest absolute Gasteiger partial charge is 0.314 e. The number of piperazine rings is 1. The van der Waals surface area contributed by atoms with Crippen LogP contribution >= 0.6 is 23.4 Å². The predicted molar refractivity (Wildman–Crippen MR) is 97.6 cm³/mol. The molecule has 0 aliphatic carbocycles. The molecule has 1 fully saturated rings. The van der Waals surface area contributed by atoms with Crippen LogP contribution in [0.4, 0.5) is 0 Å². The number of rotatable bonds is 1. The molecule has 0 bridgehead atoms. The smallest absolute Gasteiger partial charge is 0.0410 e. The summed E-state index contributed by atoms with van der Waals surface area (Å²) in [7, 11) is 0. The van der Waals surface area contributed by atoms with Gasteiger partial charge in [-0.25, -0.2) is 0 Å². The lowest BCUT2D eigenvalue weighted by atomic mass is 9.96. The first-order chi connectivity index (χ1) is 11.2. The Morgan fingerprint density at radius 2 is 1.87 bits per heavy atom. The van der Waals surface area contributed by atoms with Crippen LogP contribution in [-0.2, 0) is 6.42 Å². The molecule has 2 aliphatic rings. The van der Waals surface area contributed by atoms with E-state index >= 15 is 0 Å². The second-order valence-corrected chi connectivity index (χ2v) is 7.92. The summed E-state index contributed by atoms with van der Waals surface area (Å²) < 4.78 is 0. The van der Waals surface area contributed by atoms with Crippen molar-refractivity contribution in [2.24, 2.45) is 0 Å². The lowest BCUT2D eigenvalue weighted by molar-refractivity contribution is 0.170. The summed E-state index contributed by atoms with van der Waals surface area (Å²) in [6, 6.07) is 13.6. The van der Waals surface area contributed by atoms with Gasteiger partial charge in [-0.3, -0.25) is 4.90 Å². The van der Waals surface area contributed by atoms with Crippen LogP contribution in [0.2, 0.25) is 5.02 Å². The summed E-state index contributed by atoms with van der Waals surface area (Å²) in [5, 5.41) is 4.30. The summed E-state index contributed by atoms with van der Waals surface area (Å²) in [4.78, 5) is 5.35. The number of hydrogen-bond acceptors (Lipinski definition) is 3. The zero-order valence-corrected chi connectivity index (χ0v) is 14.9. The molecular weight excluding hydrogens is 324 g/mol. The monoisotopic (exact) mass is 344 g/mol. The molecule has 1 saturated heterocycles. The molecular formula is C19H21ClN2S. The lowest BCUT2D eigenvalue weighted by Crippen LogP contribution is -2.45. The van der Waals surface area contributed by atoms with Crippen LogP contribution in [0.3, 0.4) is 0 Å².